The van der Waals surface area contributed by atoms with Crippen LogP contribution in [-0.4, -0.2) is 16.8 Å². The topological polar surface area (TPSA) is 62.9 Å². The SMILES string of the molecule is CCCn1cc(Oc2ccc(CNC)cc2C#N)cn1. The van der Waals surface area contributed by atoms with Gasteiger partial charge in [-0.15, -0.1) is 0 Å². The summed E-state index contributed by atoms with van der Waals surface area (Å²) >= 11 is 0. The molecule has 1 heterocycles. The molecule has 0 amide bonds. The zero-order valence-electron chi connectivity index (χ0n) is 11.8. The molecular formula is C15H18N4O. The summed E-state index contributed by atoms with van der Waals surface area (Å²) in [5.74, 6) is 1.21. The molecule has 0 fully saturated rings. The normalized spacial score (nSPS) is 10.2. The number of nitriles is 1. The molecule has 1 N–H and O–H groups in total. The number of benzene rings is 1. The highest BCUT2D eigenvalue weighted by atomic mass is 16.5. The van der Waals surface area contributed by atoms with Gasteiger partial charge >= 0.3 is 0 Å². The molecule has 0 saturated heterocycles. The van der Waals surface area contributed by atoms with E-state index in [1.807, 2.05) is 36.1 Å². The van der Waals surface area contributed by atoms with E-state index < -0.39 is 0 Å². The van der Waals surface area contributed by atoms with Gasteiger partial charge in [-0.1, -0.05) is 13.0 Å². The molecule has 1 aromatic heterocycles. The van der Waals surface area contributed by atoms with Crippen molar-refractivity contribution in [3.63, 3.8) is 0 Å². The molecule has 0 aliphatic carbocycles. The van der Waals surface area contributed by atoms with E-state index in [0.717, 1.165) is 25.1 Å². The van der Waals surface area contributed by atoms with Gasteiger partial charge in [0.25, 0.3) is 0 Å². The minimum atomic E-state index is 0.529. The first-order valence-electron chi connectivity index (χ1n) is 6.64. The highest BCUT2D eigenvalue weighted by Crippen LogP contribution is 2.25. The molecule has 1 aromatic carbocycles. The molecule has 5 nitrogen and oxygen atoms in total. The van der Waals surface area contributed by atoms with Crippen molar-refractivity contribution in [2.45, 2.75) is 26.4 Å². The molecule has 0 unspecified atom stereocenters. The van der Waals surface area contributed by atoms with E-state index in [-0.39, 0.29) is 0 Å². The molecule has 0 aliphatic heterocycles. The molecule has 0 saturated carbocycles. The lowest BCUT2D eigenvalue weighted by Crippen LogP contribution is -2.05. The van der Waals surface area contributed by atoms with Gasteiger partial charge in [0.15, 0.2) is 5.75 Å². The monoisotopic (exact) mass is 270 g/mol. The smallest absolute Gasteiger partial charge is 0.165 e. The maximum absolute atomic E-state index is 9.21. The van der Waals surface area contributed by atoms with E-state index in [2.05, 4.69) is 23.4 Å². The fourth-order valence-corrected chi connectivity index (χ4v) is 1.94. The number of hydrogen-bond donors (Lipinski definition) is 1. The maximum atomic E-state index is 9.21. The Morgan fingerprint density at radius 2 is 2.30 bits per heavy atom. The Morgan fingerprint density at radius 3 is 3.00 bits per heavy atom. The summed E-state index contributed by atoms with van der Waals surface area (Å²) in [5.41, 5.74) is 1.58. The lowest BCUT2D eigenvalue weighted by molar-refractivity contribution is 0.478. The van der Waals surface area contributed by atoms with Crippen LogP contribution in [-0.2, 0) is 13.1 Å². The van der Waals surface area contributed by atoms with Crippen LogP contribution >= 0.6 is 0 Å². The highest BCUT2D eigenvalue weighted by Gasteiger charge is 2.07. The molecule has 2 rings (SSSR count). The standard InChI is InChI=1S/C15H18N4O/c1-3-6-19-11-14(10-18-19)20-15-5-4-12(9-17-2)7-13(15)8-16/h4-5,7,10-11,17H,3,6,9H2,1-2H3. The number of aromatic nitrogens is 2. The second-order valence-corrected chi connectivity index (χ2v) is 4.51. The van der Waals surface area contributed by atoms with Crippen molar-refractivity contribution < 1.29 is 4.74 Å². The molecule has 0 atom stereocenters. The Hall–Kier alpha value is -2.32. The average Bonchev–Trinajstić information content (AvgIpc) is 2.88. The number of nitrogens with one attached hydrogen (secondary N) is 1. The van der Waals surface area contributed by atoms with Gasteiger partial charge in [-0.2, -0.15) is 10.4 Å². The summed E-state index contributed by atoms with van der Waals surface area (Å²) in [7, 11) is 1.87. The fourth-order valence-electron chi connectivity index (χ4n) is 1.94. The molecule has 5 heteroatoms. The quantitative estimate of drug-likeness (QED) is 0.876. The van der Waals surface area contributed by atoms with Crippen LogP contribution in [0.15, 0.2) is 30.6 Å². The average molecular weight is 270 g/mol. The first-order valence-corrected chi connectivity index (χ1v) is 6.64. The Labute approximate surface area is 118 Å². The van der Waals surface area contributed by atoms with Gasteiger partial charge in [-0.05, 0) is 31.2 Å². The minimum Gasteiger partial charge on any atom is -0.453 e. The summed E-state index contributed by atoms with van der Waals surface area (Å²) in [6.45, 7) is 3.68. The summed E-state index contributed by atoms with van der Waals surface area (Å²) in [5, 5.41) is 16.5. The van der Waals surface area contributed by atoms with Crippen LogP contribution in [0, 0.1) is 11.3 Å². The highest BCUT2D eigenvalue weighted by molar-refractivity contribution is 5.47. The van der Waals surface area contributed by atoms with Crippen LogP contribution in [0.3, 0.4) is 0 Å². The van der Waals surface area contributed by atoms with Crippen molar-refractivity contribution in [2.24, 2.45) is 0 Å². The molecule has 104 valence electrons. The van der Waals surface area contributed by atoms with Crippen LogP contribution in [0.25, 0.3) is 0 Å². The predicted octanol–water partition coefficient (Wildman–Crippen LogP) is 2.68. The fraction of sp³-hybridized carbons (Fsp3) is 0.333. The lowest BCUT2D eigenvalue weighted by atomic mass is 10.1. The van der Waals surface area contributed by atoms with Crippen LogP contribution in [0.1, 0.15) is 24.5 Å². The third-order valence-electron chi connectivity index (χ3n) is 2.84. The maximum Gasteiger partial charge on any atom is 0.165 e. The molecule has 0 aliphatic rings. The summed E-state index contributed by atoms with van der Waals surface area (Å²) in [4.78, 5) is 0. The van der Waals surface area contributed by atoms with Gasteiger partial charge in [-0.25, -0.2) is 0 Å². The van der Waals surface area contributed by atoms with Crippen molar-refractivity contribution in [1.82, 2.24) is 15.1 Å². The third kappa shape index (κ3) is 3.37. The Morgan fingerprint density at radius 1 is 1.45 bits per heavy atom. The van der Waals surface area contributed by atoms with Gasteiger partial charge in [0, 0.05) is 13.1 Å². The second kappa shape index (κ2) is 6.73. The molecule has 0 bridgehead atoms. The third-order valence-corrected chi connectivity index (χ3v) is 2.84. The minimum absolute atomic E-state index is 0.529. The lowest BCUT2D eigenvalue weighted by Gasteiger charge is -2.07. The molecule has 2 aromatic rings. The van der Waals surface area contributed by atoms with Crippen molar-refractivity contribution in [3.05, 3.63) is 41.7 Å². The van der Waals surface area contributed by atoms with E-state index in [9.17, 15) is 5.26 Å². The van der Waals surface area contributed by atoms with E-state index in [0.29, 0.717) is 17.1 Å². The van der Waals surface area contributed by atoms with Gasteiger partial charge in [0.05, 0.1) is 18.0 Å². The van der Waals surface area contributed by atoms with E-state index in [1.54, 1.807) is 6.20 Å². The van der Waals surface area contributed by atoms with Gasteiger partial charge in [0.1, 0.15) is 11.8 Å². The van der Waals surface area contributed by atoms with Crippen molar-refractivity contribution in [2.75, 3.05) is 7.05 Å². The summed E-state index contributed by atoms with van der Waals surface area (Å²) in [6.07, 6.45) is 4.52. The van der Waals surface area contributed by atoms with Gasteiger partial charge in [-0.3, -0.25) is 4.68 Å². The number of ether oxygens (including phenoxy) is 1. The molecule has 0 spiro atoms. The molecule has 0 radical (unpaired) electrons. The number of nitrogens with zero attached hydrogens (tertiary/aromatic N) is 3. The summed E-state index contributed by atoms with van der Waals surface area (Å²) in [6, 6.07) is 7.77. The van der Waals surface area contributed by atoms with E-state index >= 15 is 0 Å². The number of rotatable bonds is 6. The zero-order chi connectivity index (χ0) is 14.4. The second-order valence-electron chi connectivity index (χ2n) is 4.51. The zero-order valence-corrected chi connectivity index (χ0v) is 11.8. The van der Waals surface area contributed by atoms with Crippen molar-refractivity contribution >= 4 is 0 Å². The Kier molecular flexibility index (Phi) is 4.75. The molecule has 20 heavy (non-hydrogen) atoms. The van der Waals surface area contributed by atoms with Gasteiger partial charge in [0.2, 0.25) is 0 Å². The van der Waals surface area contributed by atoms with Crippen LogP contribution < -0.4 is 10.1 Å². The van der Waals surface area contributed by atoms with E-state index in [4.69, 9.17) is 4.74 Å². The number of hydrogen-bond acceptors (Lipinski definition) is 4. The largest absolute Gasteiger partial charge is 0.453 e. The van der Waals surface area contributed by atoms with Crippen LogP contribution in [0.5, 0.6) is 11.5 Å². The first-order chi connectivity index (χ1) is 9.76. The van der Waals surface area contributed by atoms with Crippen LogP contribution in [0.4, 0.5) is 0 Å². The Bertz CT molecular complexity index is 613. The summed E-state index contributed by atoms with van der Waals surface area (Å²) < 4.78 is 7.56. The molecular weight excluding hydrogens is 252 g/mol. The predicted molar refractivity (Wildman–Crippen MR) is 76.5 cm³/mol. The van der Waals surface area contributed by atoms with Crippen molar-refractivity contribution in [3.8, 4) is 17.6 Å². The van der Waals surface area contributed by atoms with Gasteiger partial charge < -0.3 is 10.1 Å². The Balaban J connectivity index is 2.17. The first kappa shape index (κ1) is 14.1. The van der Waals surface area contributed by atoms with E-state index in [1.165, 1.54) is 0 Å². The van der Waals surface area contributed by atoms with Crippen LogP contribution in [0.2, 0.25) is 0 Å². The number of aryl methyl sites for hydroxylation is 1. The van der Waals surface area contributed by atoms with Crippen molar-refractivity contribution in [1.29, 1.82) is 5.26 Å².